The average molecular weight is 374 g/mol. The lowest BCUT2D eigenvalue weighted by Crippen LogP contribution is -2.30. The highest BCUT2D eigenvalue weighted by molar-refractivity contribution is 6.42. The van der Waals surface area contributed by atoms with Crippen LogP contribution in [0, 0.1) is 0 Å². The number of amides is 1. The number of benzene rings is 1. The van der Waals surface area contributed by atoms with Gasteiger partial charge < -0.3 is 10.1 Å². The SMILES string of the molecule is C[C@H](OC(=O)c1ccncc1)C(=O)Nc1c(Cl)cc(Cl)cc1Cl. The molecule has 1 amide bonds. The third-order valence-electron chi connectivity index (χ3n) is 2.82. The number of nitrogens with one attached hydrogen (secondary N) is 1. The molecule has 1 atom stereocenters. The van der Waals surface area contributed by atoms with Crippen molar-refractivity contribution in [3.05, 3.63) is 57.3 Å². The number of anilines is 1. The first kappa shape index (κ1) is 17.5. The number of hydrogen-bond acceptors (Lipinski definition) is 4. The van der Waals surface area contributed by atoms with Gasteiger partial charge in [-0.15, -0.1) is 0 Å². The second-order valence-corrected chi connectivity index (χ2v) is 5.77. The topological polar surface area (TPSA) is 68.3 Å². The molecule has 0 radical (unpaired) electrons. The molecule has 5 nitrogen and oxygen atoms in total. The van der Waals surface area contributed by atoms with Gasteiger partial charge >= 0.3 is 5.97 Å². The highest BCUT2D eigenvalue weighted by Gasteiger charge is 2.21. The van der Waals surface area contributed by atoms with Crippen LogP contribution in [0.5, 0.6) is 0 Å². The van der Waals surface area contributed by atoms with Crippen molar-refractivity contribution in [2.24, 2.45) is 0 Å². The van der Waals surface area contributed by atoms with Gasteiger partial charge in [-0.25, -0.2) is 4.79 Å². The Morgan fingerprint density at radius 1 is 1.13 bits per heavy atom. The van der Waals surface area contributed by atoms with Gasteiger partial charge in [0.05, 0.1) is 21.3 Å². The Labute approximate surface area is 147 Å². The molecule has 1 aromatic carbocycles. The minimum atomic E-state index is -1.04. The third kappa shape index (κ3) is 4.58. The lowest BCUT2D eigenvalue weighted by Gasteiger charge is -2.15. The summed E-state index contributed by atoms with van der Waals surface area (Å²) < 4.78 is 5.08. The first-order chi connectivity index (χ1) is 10.9. The van der Waals surface area contributed by atoms with E-state index < -0.39 is 18.0 Å². The van der Waals surface area contributed by atoms with Gasteiger partial charge in [-0.2, -0.15) is 0 Å². The Balaban J connectivity index is 2.05. The van der Waals surface area contributed by atoms with E-state index in [1.807, 2.05) is 0 Å². The lowest BCUT2D eigenvalue weighted by atomic mass is 10.2. The molecular weight excluding hydrogens is 363 g/mol. The summed E-state index contributed by atoms with van der Waals surface area (Å²) in [6, 6.07) is 5.86. The van der Waals surface area contributed by atoms with E-state index in [0.717, 1.165) is 0 Å². The van der Waals surface area contributed by atoms with Gasteiger partial charge in [0.15, 0.2) is 6.10 Å². The molecule has 0 bridgehead atoms. The van der Waals surface area contributed by atoms with Crippen molar-refractivity contribution in [3.63, 3.8) is 0 Å². The van der Waals surface area contributed by atoms with E-state index in [4.69, 9.17) is 39.5 Å². The van der Waals surface area contributed by atoms with E-state index in [1.54, 1.807) is 0 Å². The van der Waals surface area contributed by atoms with E-state index in [2.05, 4.69) is 10.3 Å². The summed E-state index contributed by atoms with van der Waals surface area (Å²) >= 11 is 17.8. The summed E-state index contributed by atoms with van der Waals surface area (Å²) in [5.41, 5.74) is 0.497. The van der Waals surface area contributed by atoms with Crippen molar-refractivity contribution in [1.82, 2.24) is 4.98 Å². The second kappa shape index (κ2) is 7.64. The minimum Gasteiger partial charge on any atom is -0.449 e. The highest BCUT2D eigenvalue weighted by atomic mass is 35.5. The Morgan fingerprint density at radius 2 is 1.70 bits per heavy atom. The van der Waals surface area contributed by atoms with E-state index >= 15 is 0 Å². The molecule has 0 spiro atoms. The van der Waals surface area contributed by atoms with Gasteiger partial charge in [0, 0.05) is 17.4 Å². The zero-order valence-electron chi connectivity index (χ0n) is 11.8. The van der Waals surface area contributed by atoms with Gasteiger partial charge in [0.1, 0.15) is 0 Å². The average Bonchev–Trinajstić information content (AvgIpc) is 2.51. The summed E-state index contributed by atoms with van der Waals surface area (Å²) in [6.07, 6.45) is 1.86. The number of pyridine rings is 1. The quantitative estimate of drug-likeness (QED) is 0.815. The number of nitrogens with zero attached hydrogens (tertiary/aromatic N) is 1. The molecule has 0 fully saturated rings. The van der Waals surface area contributed by atoms with Gasteiger partial charge in [0.2, 0.25) is 0 Å². The van der Waals surface area contributed by atoms with Crippen LogP contribution in [0.4, 0.5) is 5.69 Å². The molecule has 0 saturated heterocycles. The summed E-state index contributed by atoms with van der Waals surface area (Å²) in [5, 5.41) is 3.22. The number of rotatable bonds is 4. The number of ether oxygens (including phenoxy) is 1. The number of aromatic nitrogens is 1. The van der Waals surface area contributed by atoms with Crippen LogP contribution < -0.4 is 5.32 Å². The summed E-state index contributed by atoms with van der Waals surface area (Å²) in [7, 11) is 0. The molecule has 8 heteroatoms. The van der Waals surface area contributed by atoms with Crippen LogP contribution in [0.15, 0.2) is 36.7 Å². The second-order valence-electron chi connectivity index (χ2n) is 4.52. The van der Waals surface area contributed by atoms with Crippen molar-refractivity contribution in [2.75, 3.05) is 5.32 Å². The van der Waals surface area contributed by atoms with Crippen LogP contribution in [0.25, 0.3) is 0 Å². The number of halogens is 3. The van der Waals surface area contributed by atoms with Crippen molar-refractivity contribution in [3.8, 4) is 0 Å². The molecule has 1 N–H and O–H groups in total. The fraction of sp³-hybridized carbons (Fsp3) is 0.133. The molecule has 0 aliphatic rings. The Kier molecular flexibility index (Phi) is 5.82. The van der Waals surface area contributed by atoms with Gasteiger partial charge in [-0.05, 0) is 31.2 Å². The van der Waals surface area contributed by atoms with E-state index in [-0.39, 0.29) is 15.7 Å². The molecule has 1 heterocycles. The van der Waals surface area contributed by atoms with Crippen LogP contribution in [0.3, 0.4) is 0 Å². The smallest absolute Gasteiger partial charge is 0.339 e. The van der Waals surface area contributed by atoms with Crippen LogP contribution in [0.1, 0.15) is 17.3 Å². The number of carbonyl (C=O) groups is 2. The fourth-order valence-electron chi connectivity index (χ4n) is 1.66. The molecule has 0 unspecified atom stereocenters. The molecule has 2 aromatic rings. The molecule has 0 aliphatic heterocycles. The summed E-state index contributed by atoms with van der Waals surface area (Å²) in [6.45, 7) is 1.44. The van der Waals surface area contributed by atoms with Crippen molar-refractivity contribution < 1.29 is 14.3 Å². The van der Waals surface area contributed by atoms with E-state index in [0.29, 0.717) is 10.6 Å². The van der Waals surface area contributed by atoms with Crippen LogP contribution in [-0.4, -0.2) is 23.0 Å². The molecule has 120 valence electrons. The predicted octanol–water partition coefficient (Wildman–Crippen LogP) is 4.23. The zero-order chi connectivity index (χ0) is 17.0. The Hall–Kier alpha value is -1.82. The predicted molar refractivity (Wildman–Crippen MR) is 89.2 cm³/mol. The Bertz CT molecular complexity index is 715. The van der Waals surface area contributed by atoms with E-state index in [9.17, 15) is 9.59 Å². The fourth-order valence-corrected chi connectivity index (χ4v) is 2.57. The molecule has 1 aromatic heterocycles. The molecular formula is C15H11Cl3N2O3. The van der Waals surface area contributed by atoms with Gasteiger partial charge in [-0.1, -0.05) is 34.8 Å². The first-order valence-corrected chi connectivity index (χ1v) is 7.58. The summed E-state index contributed by atoms with van der Waals surface area (Å²) in [4.78, 5) is 27.8. The lowest BCUT2D eigenvalue weighted by molar-refractivity contribution is -0.123. The van der Waals surface area contributed by atoms with Crippen molar-refractivity contribution in [2.45, 2.75) is 13.0 Å². The minimum absolute atomic E-state index is 0.184. The monoisotopic (exact) mass is 372 g/mol. The normalized spacial score (nSPS) is 11.7. The zero-order valence-corrected chi connectivity index (χ0v) is 14.1. The van der Waals surface area contributed by atoms with Crippen molar-refractivity contribution in [1.29, 1.82) is 0 Å². The standard InChI is InChI=1S/C15H11Cl3N2O3/c1-8(23-15(22)9-2-4-19-5-3-9)14(21)20-13-11(17)6-10(16)7-12(13)18/h2-8H,1H3,(H,20,21)/t8-/m0/s1. The maximum atomic E-state index is 12.1. The van der Waals surface area contributed by atoms with Gasteiger partial charge in [0.25, 0.3) is 5.91 Å². The molecule has 0 aliphatic carbocycles. The number of hydrogen-bond donors (Lipinski definition) is 1. The maximum absolute atomic E-state index is 12.1. The largest absolute Gasteiger partial charge is 0.449 e. The first-order valence-electron chi connectivity index (χ1n) is 6.45. The van der Waals surface area contributed by atoms with Crippen LogP contribution in [-0.2, 0) is 9.53 Å². The maximum Gasteiger partial charge on any atom is 0.339 e. The van der Waals surface area contributed by atoms with Gasteiger partial charge in [-0.3, -0.25) is 9.78 Å². The highest BCUT2D eigenvalue weighted by Crippen LogP contribution is 2.33. The van der Waals surface area contributed by atoms with Crippen LogP contribution in [0.2, 0.25) is 15.1 Å². The molecule has 23 heavy (non-hydrogen) atoms. The number of carbonyl (C=O) groups excluding carboxylic acids is 2. The van der Waals surface area contributed by atoms with Crippen molar-refractivity contribution >= 4 is 52.4 Å². The van der Waals surface area contributed by atoms with E-state index in [1.165, 1.54) is 43.6 Å². The molecule has 0 saturated carbocycles. The molecule has 2 rings (SSSR count). The number of esters is 1. The van der Waals surface area contributed by atoms with Crippen LogP contribution >= 0.6 is 34.8 Å². The third-order valence-corrected chi connectivity index (χ3v) is 3.64. The Morgan fingerprint density at radius 3 is 2.26 bits per heavy atom. The summed E-state index contributed by atoms with van der Waals surface area (Å²) in [5.74, 6) is -1.21.